The summed E-state index contributed by atoms with van der Waals surface area (Å²) in [7, 11) is 1.74. The minimum Gasteiger partial charge on any atom is -0.501 e. The van der Waals surface area contributed by atoms with E-state index in [1.807, 2.05) is 13.8 Å². The van der Waals surface area contributed by atoms with E-state index in [0.29, 0.717) is 18.9 Å². The molecule has 8 nitrogen and oxygen atoms in total. The number of aromatic hydroxyl groups is 1. The van der Waals surface area contributed by atoms with Crippen LogP contribution < -0.4 is 5.56 Å². The zero-order chi connectivity index (χ0) is 16.3. The normalized spacial score (nSPS) is 10.7. The van der Waals surface area contributed by atoms with Crippen LogP contribution in [0, 0.1) is 0 Å². The molecule has 0 atom stereocenters. The number of carbonyl (C=O) groups is 1. The van der Waals surface area contributed by atoms with Crippen molar-refractivity contribution >= 4 is 5.91 Å². The lowest BCUT2D eigenvalue weighted by atomic mass is 10.3. The lowest BCUT2D eigenvalue weighted by Crippen LogP contribution is -2.33. The second-order valence-corrected chi connectivity index (χ2v) is 4.86. The van der Waals surface area contributed by atoms with Gasteiger partial charge >= 0.3 is 0 Å². The molecule has 2 aromatic heterocycles. The lowest BCUT2D eigenvalue weighted by Gasteiger charge is -2.19. The molecule has 2 aromatic rings. The summed E-state index contributed by atoms with van der Waals surface area (Å²) in [5, 5.41) is 9.89. The molecule has 2 rings (SSSR count). The summed E-state index contributed by atoms with van der Waals surface area (Å²) < 4.78 is 1.66. The summed E-state index contributed by atoms with van der Waals surface area (Å²) in [6.07, 6.45) is 4.02. The van der Waals surface area contributed by atoms with Gasteiger partial charge in [0.1, 0.15) is 0 Å². The Morgan fingerprint density at radius 1 is 1.45 bits per heavy atom. The van der Waals surface area contributed by atoms with Crippen LogP contribution in [0.5, 0.6) is 5.75 Å². The monoisotopic (exact) mass is 305 g/mol. The second kappa shape index (κ2) is 6.42. The first-order chi connectivity index (χ1) is 10.5. The van der Waals surface area contributed by atoms with E-state index in [9.17, 15) is 14.7 Å². The van der Waals surface area contributed by atoms with Crippen molar-refractivity contribution in [2.75, 3.05) is 13.1 Å². The highest BCUT2D eigenvalue weighted by Gasteiger charge is 2.23. The van der Waals surface area contributed by atoms with Gasteiger partial charge in [0.05, 0.1) is 0 Å². The number of nitrogens with zero attached hydrogens (tertiary/aromatic N) is 4. The number of imidazole rings is 1. The number of carbonyl (C=O) groups excluding carboxylic acids is 1. The number of H-pyrrole nitrogens is 1. The molecule has 1 amide bonds. The molecule has 0 saturated carbocycles. The number of hydrogen-bond acceptors (Lipinski definition) is 5. The minimum atomic E-state index is -0.760. The van der Waals surface area contributed by atoms with Gasteiger partial charge in [-0.3, -0.25) is 9.59 Å². The van der Waals surface area contributed by atoms with Gasteiger partial charge in [-0.15, -0.1) is 0 Å². The van der Waals surface area contributed by atoms with E-state index in [-0.39, 0.29) is 11.5 Å². The maximum Gasteiger partial charge on any atom is 0.294 e. The molecule has 2 heterocycles. The Bertz CT molecular complexity index is 734. The lowest BCUT2D eigenvalue weighted by molar-refractivity contribution is 0.0754. The van der Waals surface area contributed by atoms with Crippen LogP contribution in [0.2, 0.25) is 0 Å². The zero-order valence-electron chi connectivity index (χ0n) is 12.8. The van der Waals surface area contributed by atoms with Crippen LogP contribution >= 0.6 is 0 Å². The van der Waals surface area contributed by atoms with E-state index in [0.717, 1.165) is 6.42 Å². The number of amides is 1. The molecule has 0 bridgehead atoms. The molecule has 0 saturated heterocycles. The first kappa shape index (κ1) is 15.7. The first-order valence-corrected chi connectivity index (χ1v) is 7.09. The molecule has 0 aliphatic heterocycles. The molecule has 0 radical (unpaired) electrons. The molecule has 2 N–H and O–H groups in total. The SMILES string of the molecule is CCCN(CC)C(=O)c1nc(-c2nccn2C)[nH]c(=O)c1O. The minimum absolute atomic E-state index is 0.145. The smallest absolute Gasteiger partial charge is 0.294 e. The van der Waals surface area contributed by atoms with E-state index >= 15 is 0 Å². The average Bonchev–Trinajstić information content (AvgIpc) is 2.93. The van der Waals surface area contributed by atoms with Crippen molar-refractivity contribution in [2.24, 2.45) is 7.05 Å². The van der Waals surface area contributed by atoms with Gasteiger partial charge < -0.3 is 19.6 Å². The predicted octanol–water partition coefficient (Wildman–Crippen LogP) is 0.748. The topological polar surface area (TPSA) is 104 Å². The summed E-state index contributed by atoms with van der Waals surface area (Å²) in [5.74, 6) is -0.586. The van der Waals surface area contributed by atoms with Crippen molar-refractivity contribution in [1.29, 1.82) is 0 Å². The third-order valence-corrected chi connectivity index (χ3v) is 3.29. The van der Waals surface area contributed by atoms with Gasteiger partial charge in [-0.2, -0.15) is 0 Å². The molecule has 118 valence electrons. The molecule has 0 fully saturated rings. The fourth-order valence-electron chi connectivity index (χ4n) is 2.14. The van der Waals surface area contributed by atoms with Crippen LogP contribution in [0.1, 0.15) is 30.8 Å². The second-order valence-electron chi connectivity index (χ2n) is 4.86. The summed E-state index contributed by atoms with van der Waals surface area (Å²) in [5.41, 5.74) is -1.01. The Morgan fingerprint density at radius 2 is 2.18 bits per heavy atom. The van der Waals surface area contributed by atoms with E-state index in [2.05, 4.69) is 15.0 Å². The highest BCUT2D eigenvalue weighted by atomic mass is 16.3. The van der Waals surface area contributed by atoms with Gasteiger partial charge in [-0.1, -0.05) is 6.92 Å². The fraction of sp³-hybridized carbons (Fsp3) is 0.429. The van der Waals surface area contributed by atoms with Crippen molar-refractivity contribution in [3.8, 4) is 17.4 Å². The fourth-order valence-corrected chi connectivity index (χ4v) is 2.14. The van der Waals surface area contributed by atoms with Gasteiger partial charge in [0.2, 0.25) is 5.75 Å². The van der Waals surface area contributed by atoms with Gasteiger partial charge in [-0.05, 0) is 13.3 Å². The van der Waals surface area contributed by atoms with Crippen molar-refractivity contribution in [2.45, 2.75) is 20.3 Å². The van der Waals surface area contributed by atoms with Crippen LogP contribution in [-0.2, 0) is 7.05 Å². The molecule has 22 heavy (non-hydrogen) atoms. The average molecular weight is 305 g/mol. The number of hydrogen-bond donors (Lipinski definition) is 2. The zero-order valence-corrected chi connectivity index (χ0v) is 12.8. The van der Waals surface area contributed by atoms with Gasteiger partial charge in [0.25, 0.3) is 11.5 Å². The van der Waals surface area contributed by atoms with Crippen LogP contribution in [0.15, 0.2) is 17.2 Å². The van der Waals surface area contributed by atoms with E-state index < -0.39 is 17.2 Å². The third-order valence-electron chi connectivity index (χ3n) is 3.29. The van der Waals surface area contributed by atoms with Crippen molar-refractivity contribution < 1.29 is 9.90 Å². The Hall–Kier alpha value is -2.64. The van der Waals surface area contributed by atoms with Crippen LogP contribution in [0.4, 0.5) is 0 Å². The number of aromatic amines is 1. The first-order valence-electron chi connectivity index (χ1n) is 7.09. The number of nitrogens with one attached hydrogen (secondary N) is 1. The standard InChI is InChI=1S/C14H19N5O3/c1-4-7-19(5-2)14(22)9-10(20)13(21)17-11(16-9)12-15-6-8-18(12)3/h6,8,20H,4-5,7H2,1-3H3,(H,16,17,21). The van der Waals surface area contributed by atoms with Gasteiger partial charge in [0.15, 0.2) is 17.3 Å². The summed E-state index contributed by atoms with van der Waals surface area (Å²) in [6.45, 7) is 4.77. The van der Waals surface area contributed by atoms with Crippen LogP contribution in [-0.4, -0.2) is 48.5 Å². The molecule has 0 unspecified atom stereocenters. The van der Waals surface area contributed by atoms with Crippen molar-refractivity contribution in [3.63, 3.8) is 0 Å². The summed E-state index contributed by atoms with van der Waals surface area (Å²) >= 11 is 0. The molecular weight excluding hydrogens is 286 g/mol. The maximum absolute atomic E-state index is 12.5. The number of aromatic nitrogens is 4. The van der Waals surface area contributed by atoms with E-state index in [1.54, 1.807) is 24.0 Å². The number of rotatable bonds is 5. The largest absolute Gasteiger partial charge is 0.501 e. The highest BCUT2D eigenvalue weighted by molar-refractivity contribution is 5.95. The highest BCUT2D eigenvalue weighted by Crippen LogP contribution is 2.16. The maximum atomic E-state index is 12.5. The predicted molar refractivity (Wildman–Crippen MR) is 80.6 cm³/mol. The molecule has 0 spiro atoms. The quantitative estimate of drug-likeness (QED) is 0.848. The van der Waals surface area contributed by atoms with Crippen molar-refractivity contribution in [1.82, 2.24) is 24.4 Å². The van der Waals surface area contributed by atoms with Crippen LogP contribution in [0.25, 0.3) is 11.6 Å². The Kier molecular flexibility index (Phi) is 4.59. The molecule has 0 aromatic carbocycles. The Labute approximate surface area is 127 Å². The molecule has 0 aliphatic carbocycles. The van der Waals surface area contributed by atoms with Crippen LogP contribution in [0.3, 0.4) is 0 Å². The van der Waals surface area contributed by atoms with Crippen molar-refractivity contribution in [3.05, 3.63) is 28.4 Å². The van der Waals surface area contributed by atoms with E-state index in [4.69, 9.17) is 0 Å². The van der Waals surface area contributed by atoms with E-state index in [1.165, 1.54) is 4.90 Å². The Balaban J connectivity index is 2.52. The summed E-state index contributed by atoms with van der Waals surface area (Å²) in [4.78, 5) is 36.5. The molecular formula is C14H19N5O3. The number of aryl methyl sites for hydroxylation is 1. The summed E-state index contributed by atoms with van der Waals surface area (Å²) in [6, 6.07) is 0. The van der Waals surface area contributed by atoms with Gasteiger partial charge in [-0.25, -0.2) is 9.97 Å². The molecule has 0 aliphatic rings. The third kappa shape index (κ3) is 2.85. The molecule has 8 heteroatoms. The van der Waals surface area contributed by atoms with Gasteiger partial charge in [0, 0.05) is 32.5 Å². The Morgan fingerprint density at radius 3 is 2.73 bits per heavy atom.